The molecule has 5 heterocycles. The molecular weight excluding hydrogens is 457 g/mol. The van der Waals surface area contributed by atoms with Crippen LogP contribution in [-0.2, 0) is 4.74 Å². The lowest BCUT2D eigenvalue weighted by Gasteiger charge is -2.39. The summed E-state index contributed by atoms with van der Waals surface area (Å²) in [5, 5.41) is 4.88. The Hall–Kier alpha value is -2.88. The Morgan fingerprint density at radius 2 is 1.91 bits per heavy atom. The number of ether oxygens (including phenoxy) is 1. The summed E-state index contributed by atoms with van der Waals surface area (Å²) in [5.74, 6) is 0.317. The molecule has 6 rings (SSSR count). The third-order valence-corrected chi connectivity index (χ3v) is 7.18. The molecule has 2 aliphatic rings. The monoisotopic (exact) mass is 481 g/mol. The molecule has 0 unspecified atom stereocenters. The van der Waals surface area contributed by atoms with Gasteiger partial charge in [0, 0.05) is 36.9 Å². The van der Waals surface area contributed by atoms with Crippen molar-refractivity contribution in [1.82, 2.24) is 29.8 Å². The zero-order valence-electron chi connectivity index (χ0n) is 18.6. The predicted octanol–water partition coefficient (Wildman–Crippen LogP) is 4.42. The van der Waals surface area contributed by atoms with Gasteiger partial charge in [0.15, 0.2) is 0 Å². The molecule has 8 nitrogen and oxygen atoms in total. The van der Waals surface area contributed by atoms with Gasteiger partial charge in [-0.05, 0) is 37.8 Å². The van der Waals surface area contributed by atoms with Gasteiger partial charge in [0.25, 0.3) is 0 Å². The first-order valence-electron chi connectivity index (χ1n) is 11.7. The lowest BCUT2D eigenvalue weighted by Crippen LogP contribution is -2.46. The van der Waals surface area contributed by atoms with Gasteiger partial charge in [-0.25, -0.2) is 19.3 Å². The number of morpholine rings is 1. The van der Waals surface area contributed by atoms with E-state index >= 15 is 0 Å². The van der Waals surface area contributed by atoms with Crippen LogP contribution < -0.4 is 5.32 Å². The van der Waals surface area contributed by atoms with E-state index in [-0.39, 0.29) is 0 Å². The average Bonchev–Trinajstić information content (AvgIpc) is 3.22. The average molecular weight is 482 g/mol. The second-order valence-electron chi connectivity index (χ2n) is 8.98. The van der Waals surface area contributed by atoms with Crippen LogP contribution >= 0.6 is 11.6 Å². The van der Waals surface area contributed by atoms with Gasteiger partial charge in [-0.2, -0.15) is 0 Å². The molecule has 1 aliphatic carbocycles. The molecule has 4 aromatic heterocycles. The summed E-state index contributed by atoms with van der Waals surface area (Å²) in [7, 11) is 0. The molecule has 0 atom stereocenters. The fraction of sp³-hybridized carbons (Fsp3) is 0.417. The molecule has 1 aliphatic heterocycles. The van der Waals surface area contributed by atoms with Crippen LogP contribution in [0, 0.1) is 5.82 Å². The Morgan fingerprint density at radius 3 is 2.71 bits per heavy atom. The highest BCUT2D eigenvalue weighted by atomic mass is 35.5. The summed E-state index contributed by atoms with van der Waals surface area (Å²) in [6.07, 6.45) is 8.74. The quantitative estimate of drug-likeness (QED) is 0.446. The van der Waals surface area contributed by atoms with Crippen LogP contribution in [0.15, 0.2) is 30.9 Å². The SMILES string of the molecule is Fc1cncc(-c2nc3c(cc2Cl)[nH]c2ncnc(NC4CCC(N5CCOCC5)CC4)c23)c1. The minimum absolute atomic E-state index is 0.333. The van der Waals surface area contributed by atoms with Crippen LogP contribution in [0.4, 0.5) is 10.2 Å². The smallest absolute Gasteiger partial charge is 0.145 e. The number of rotatable bonds is 4. The second-order valence-corrected chi connectivity index (χ2v) is 9.38. The number of aromatic nitrogens is 5. The van der Waals surface area contributed by atoms with Crippen LogP contribution in [0.5, 0.6) is 0 Å². The molecule has 0 aromatic carbocycles. The van der Waals surface area contributed by atoms with Gasteiger partial charge in [0.05, 0.1) is 41.0 Å². The number of hydrogen-bond donors (Lipinski definition) is 2. The summed E-state index contributed by atoms with van der Waals surface area (Å²) >= 11 is 6.49. The minimum atomic E-state index is -0.437. The number of aromatic amines is 1. The number of nitrogens with zero attached hydrogens (tertiary/aromatic N) is 5. The first-order chi connectivity index (χ1) is 16.7. The normalized spacial score (nSPS) is 21.8. The first-order valence-corrected chi connectivity index (χ1v) is 12.1. The molecule has 1 saturated carbocycles. The Labute approximate surface area is 200 Å². The van der Waals surface area contributed by atoms with E-state index in [9.17, 15) is 4.39 Å². The number of pyridine rings is 2. The van der Waals surface area contributed by atoms with E-state index in [0.29, 0.717) is 39.5 Å². The molecule has 10 heteroatoms. The molecule has 4 aromatic rings. The zero-order valence-corrected chi connectivity index (χ0v) is 19.4. The van der Waals surface area contributed by atoms with Crippen molar-refractivity contribution in [2.75, 3.05) is 31.6 Å². The fourth-order valence-corrected chi connectivity index (χ4v) is 5.44. The van der Waals surface area contributed by atoms with Gasteiger partial charge < -0.3 is 15.0 Å². The van der Waals surface area contributed by atoms with Crippen LogP contribution in [0.1, 0.15) is 25.7 Å². The molecule has 0 bridgehead atoms. The van der Waals surface area contributed by atoms with Crippen molar-refractivity contribution in [3.63, 3.8) is 0 Å². The first kappa shape index (κ1) is 21.6. The van der Waals surface area contributed by atoms with Crippen molar-refractivity contribution < 1.29 is 9.13 Å². The Kier molecular flexibility index (Phi) is 5.76. The van der Waals surface area contributed by atoms with Crippen molar-refractivity contribution in [3.05, 3.63) is 41.7 Å². The second kappa shape index (κ2) is 9.05. The van der Waals surface area contributed by atoms with E-state index in [0.717, 1.165) is 74.9 Å². The molecule has 176 valence electrons. The summed E-state index contributed by atoms with van der Waals surface area (Å²) in [6, 6.07) is 4.14. The summed E-state index contributed by atoms with van der Waals surface area (Å²) in [4.78, 5) is 23.6. The van der Waals surface area contributed by atoms with E-state index in [1.807, 2.05) is 0 Å². The third kappa shape index (κ3) is 4.08. The Balaban J connectivity index is 1.30. The summed E-state index contributed by atoms with van der Waals surface area (Å²) < 4.78 is 19.3. The minimum Gasteiger partial charge on any atom is -0.379 e. The fourth-order valence-electron chi connectivity index (χ4n) is 5.18. The van der Waals surface area contributed by atoms with E-state index in [1.165, 1.54) is 6.07 Å². The van der Waals surface area contributed by atoms with E-state index in [4.69, 9.17) is 21.3 Å². The van der Waals surface area contributed by atoms with Gasteiger partial charge in [0.2, 0.25) is 0 Å². The maximum atomic E-state index is 13.8. The topological polar surface area (TPSA) is 91.8 Å². The van der Waals surface area contributed by atoms with Gasteiger partial charge >= 0.3 is 0 Å². The highest BCUT2D eigenvalue weighted by molar-refractivity contribution is 6.34. The summed E-state index contributed by atoms with van der Waals surface area (Å²) in [6.45, 7) is 3.73. The molecule has 0 amide bonds. The van der Waals surface area contributed by atoms with E-state index in [1.54, 1.807) is 18.6 Å². The van der Waals surface area contributed by atoms with Crippen LogP contribution in [-0.4, -0.2) is 68.2 Å². The molecule has 2 fully saturated rings. The Morgan fingerprint density at radius 1 is 1.09 bits per heavy atom. The molecule has 1 saturated heterocycles. The molecular formula is C24H25ClFN7O. The highest BCUT2D eigenvalue weighted by Crippen LogP contribution is 2.35. The number of nitrogens with one attached hydrogen (secondary N) is 2. The number of fused-ring (bicyclic) bond motifs is 3. The highest BCUT2D eigenvalue weighted by Gasteiger charge is 2.28. The molecule has 0 spiro atoms. The maximum absolute atomic E-state index is 13.8. The molecule has 2 N–H and O–H groups in total. The number of H-pyrrole nitrogens is 1. The Bertz CT molecular complexity index is 1330. The lowest BCUT2D eigenvalue weighted by atomic mass is 9.90. The summed E-state index contributed by atoms with van der Waals surface area (Å²) in [5.41, 5.74) is 3.14. The molecule has 0 radical (unpaired) electrons. The standard InChI is InChI=1S/C24H25ClFN7O/c25-18-10-19-22(32-21(18)14-9-15(26)12-27-11-14)20-23(28-13-29-24(20)31-19)30-16-1-3-17(4-2-16)33-5-7-34-8-6-33/h9-13,16-17H,1-8H2,(H2,28,29,30,31). The van der Waals surface area contributed by atoms with Crippen LogP contribution in [0.2, 0.25) is 5.02 Å². The largest absolute Gasteiger partial charge is 0.379 e. The predicted molar refractivity (Wildman–Crippen MR) is 129 cm³/mol. The van der Waals surface area contributed by atoms with Crippen LogP contribution in [0.3, 0.4) is 0 Å². The van der Waals surface area contributed by atoms with Gasteiger partial charge in [-0.3, -0.25) is 9.88 Å². The number of anilines is 1. The number of halogens is 2. The van der Waals surface area contributed by atoms with Gasteiger partial charge in [-0.1, -0.05) is 11.6 Å². The van der Waals surface area contributed by atoms with Gasteiger partial charge in [-0.15, -0.1) is 0 Å². The molecule has 34 heavy (non-hydrogen) atoms. The van der Waals surface area contributed by atoms with E-state index in [2.05, 4.69) is 30.2 Å². The van der Waals surface area contributed by atoms with E-state index < -0.39 is 5.82 Å². The van der Waals surface area contributed by atoms with Crippen molar-refractivity contribution in [2.45, 2.75) is 37.8 Å². The van der Waals surface area contributed by atoms with Gasteiger partial charge in [0.1, 0.15) is 29.1 Å². The van der Waals surface area contributed by atoms with Crippen molar-refractivity contribution in [1.29, 1.82) is 0 Å². The number of hydrogen-bond acceptors (Lipinski definition) is 7. The van der Waals surface area contributed by atoms with Crippen molar-refractivity contribution in [3.8, 4) is 11.3 Å². The third-order valence-electron chi connectivity index (χ3n) is 6.89. The van der Waals surface area contributed by atoms with Crippen molar-refractivity contribution >= 4 is 39.5 Å². The maximum Gasteiger partial charge on any atom is 0.145 e. The van der Waals surface area contributed by atoms with Crippen molar-refractivity contribution in [2.24, 2.45) is 0 Å². The zero-order chi connectivity index (χ0) is 23.1. The lowest BCUT2D eigenvalue weighted by molar-refractivity contribution is 0.00791. The van der Waals surface area contributed by atoms with Crippen LogP contribution in [0.25, 0.3) is 33.3 Å².